The topological polar surface area (TPSA) is 86.6 Å². The average Bonchev–Trinajstić information content (AvgIpc) is 3.44. The van der Waals surface area contributed by atoms with E-state index in [-0.39, 0.29) is 24.6 Å². The number of carbonyl (C=O) groups is 1. The van der Waals surface area contributed by atoms with E-state index in [2.05, 4.69) is 15.7 Å². The minimum atomic E-state index is -4.54. The van der Waals surface area contributed by atoms with Crippen molar-refractivity contribution in [2.45, 2.75) is 24.7 Å². The molecule has 2 aliphatic rings. The summed E-state index contributed by atoms with van der Waals surface area (Å²) >= 11 is 0. The van der Waals surface area contributed by atoms with Crippen molar-refractivity contribution < 1.29 is 32.2 Å². The van der Waals surface area contributed by atoms with Gasteiger partial charge in [0.05, 0.1) is 19.3 Å². The van der Waals surface area contributed by atoms with E-state index in [0.717, 1.165) is 10.9 Å². The Bertz CT molecular complexity index is 1190. The van der Waals surface area contributed by atoms with Gasteiger partial charge in [-0.25, -0.2) is 4.68 Å². The number of halogens is 3. The average molecular weight is 460 g/mol. The molecule has 0 radical (unpaired) electrons. The second-order valence-corrected chi connectivity index (χ2v) is 7.64. The van der Waals surface area contributed by atoms with E-state index < -0.39 is 24.2 Å². The molecule has 3 heterocycles. The van der Waals surface area contributed by atoms with E-state index in [1.54, 1.807) is 42.5 Å². The summed E-state index contributed by atoms with van der Waals surface area (Å²) in [6, 6.07) is 9.04. The number of alkyl halides is 3. The zero-order chi connectivity index (χ0) is 23.2. The first kappa shape index (κ1) is 21.0. The molecule has 0 saturated carbocycles. The van der Waals surface area contributed by atoms with Crippen LogP contribution in [0.2, 0.25) is 0 Å². The van der Waals surface area contributed by atoms with Crippen LogP contribution in [0.5, 0.6) is 17.2 Å². The Balaban J connectivity index is 1.45. The third-order valence-electron chi connectivity index (χ3n) is 5.63. The van der Waals surface area contributed by atoms with Crippen molar-refractivity contribution in [1.29, 1.82) is 0 Å². The Labute approximate surface area is 186 Å². The fourth-order valence-electron chi connectivity index (χ4n) is 3.96. The summed E-state index contributed by atoms with van der Waals surface area (Å²) in [5.41, 5.74) is 1.05. The number of hydrogen-bond donors (Lipinski definition) is 2. The van der Waals surface area contributed by atoms with E-state index in [4.69, 9.17) is 14.2 Å². The highest BCUT2D eigenvalue weighted by Gasteiger charge is 2.47. The van der Waals surface area contributed by atoms with Crippen molar-refractivity contribution in [2.24, 2.45) is 0 Å². The number of fused-ring (bicyclic) bond motifs is 2. The number of ether oxygens (including phenoxy) is 3. The number of aromatic nitrogens is 2. The summed E-state index contributed by atoms with van der Waals surface area (Å²) in [7, 11) is 1.51. The van der Waals surface area contributed by atoms with Crippen molar-refractivity contribution in [1.82, 2.24) is 9.78 Å². The predicted octanol–water partition coefficient (Wildman–Crippen LogP) is 4.53. The molecule has 1 amide bonds. The highest BCUT2D eigenvalue weighted by molar-refractivity contribution is 6.07. The van der Waals surface area contributed by atoms with Crippen molar-refractivity contribution in [2.75, 3.05) is 24.5 Å². The Hall–Kier alpha value is -3.89. The number of benzene rings is 2. The molecule has 2 atom stereocenters. The number of anilines is 2. The van der Waals surface area contributed by atoms with Gasteiger partial charge in [0.15, 0.2) is 17.5 Å². The maximum Gasteiger partial charge on any atom is 0.410 e. The van der Waals surface area contributed by atoms with Gasteiger partial charge >= 0.3 is 6.18 Å². The van der Waals surface area contributed by atoms with Gasteiger partial charge in [-0.2, -0.15) is 18.3 Å². The SMILES string of the molecule is COc1ccc([C@H]2C[C@@H](C(F)(F)F)n3ncc(C(=O)Nc4ccc5c(c4)OCO5)c3N2)cc1. The summed E-state index contributed by atoms with van der Waals surface area (Å²) < 4.78 is 58.1. The number of nitrogens with one attached hydrogen (secondary N) is 2. The van der Waals surface area contributed by atoms with E-state index in [0.29, 0.717) is 28.5 Å². The van der Waals surface area contributed by atoms with Crippen LogP contribution < -0.4 is 24.8 Å². The van der Waals surface area contributed by atoms with Crippen molar-refractivity contribution >= 4 is 17.4 Å². The lowest BCUT2D eigenvalue weighted by Gasteiger charge is -2.34. The van der Waals surface area contributed by atoms with Crippen LogP contribution in [0.1, 0.15) is 34.4 Å². The number of amides is 1. The Morgan fingerprint density at radius 2 is 1.94 bits per heavy atom. The van der Waals surface area contributed by atoms with E-state index in [9.17, 15) is 18.0 Å². The molecule has 1 aromatic heterocycles. The molecule has 33 heavy (non-hydrogen) atoms. The van der Waals surface area contributed by atoms with Crippen LogP contribution in [-0.4, -0.2) is 35.8 Å². The minimum Gasteiger partial charge on any atom is -0.497 e. The molecule has 3 aromatic rings. The Morgan fingerprint density at radius 1 is 1.18 bits per heavy atom. The van der Waals surface area contributed by atoms with Crippen LogP contribution in [0.15, 0.2) is 48.7 Å². The number of carbonyl (C=O) groups excluding carboxylic acids is 1. The number of nitrogens with zero attached hydrogens (tertiary/aromatic N) is 2. The second-order valence-electron chi connectivity index (χ2n) is 7.64. The quantitative estimate of drug-likeness (QED) is 0.595. The zero-order valence-corrected chi connectivity index (χ0v) is 17.3. The maximum atomic E-state index is 13.9. The van der Waals surface area contributed by atoms with Crippen LogP contribution in [0.3, 0.4) is 0 Å². The fourth-order valence-corrected chi connectivity index (χ4v) is 3.96. The first-order valence-electron chi connectivity index (χ1n) is 10.1. The highest BCUT2D eigenvalue weighted by atomic mass is 19.4. The van der Waals surface area contributed by atoms with Crippen molar-refractivity contribution in [3.8, 4) is 17.2 Å². The molecule has 11 heteroatoms. The monoisotopic (exact) mass is 460 g/mol. The number of rotatable bonds is 4. The molecular formula is C22H19F3N4O4. The molecular weight excluding hydrogens is 441 g/mol. The van der Waals surface area contributed by atoms with Crippen molar-refractivity contribution in [3.05, 3.63) is 59.8 Å². The molecule has 0 saturated heterocycles. The predicted molar refractivity (Wildman–Crippen MR) is 112 cm³/mol. The molecule has 0 aliphatic carbocycles. The van der Waals surface area contributed by atoms with Gasteiger partial charge in [0.2, 0.25) is 6.79 Å². The Kier molecular flexibility index (Phi) is 5.03. The lowest BCUT2D eigenvalue weighted by Crippen LogP contribution is -2.36. The molecule has 0 unspecified atom stereocenters. The molecule has 172 valence electrons. The molecule has 5 rings (SSSR count). The molecule has 2 N–H and O–H groups in total. The van der Waals surface area contributed by atoms with Gasteiger partial charge in [0, 0.05) is 18.2 Å². The van der Waals surface area contributed by atoms with Gasteiger partial charge in [0.25, 0.3) is 5.91 Å². The molecule has 8 nitrogen and oxygen atoms in total. The molecule has 2 aliphatic heterocycles. The highest BCUT2D eigenvalue weighted by Crippen LogP contribution is 2.44. The lowest BCUT2D eigenvalue weighted by atomic mass is 9.96. The first-order chi connectivity index (χ1) is 15.8. The summed E-state index contributed by atoms with van der Waals surface area (Å²) in [6.07, 6.45) is -3.67. The molecule has 0 bridgehead atoms. The summed E-state index contributed by atoms with van der Waals surface area (Å²) in [4.78, 5) is 13.0. The van der Waals surface area contributed by atoms with Crippen LogP contribution in [0.4, 0.5) is 24.7 Å². The van der Waals surface area contributed by atoms with Crippen LogP contribution in [0, 0.1) is 0 Å². The molecule has 0 fully saturated rings. The summed E-state index contributed by atoms with van der Waals surface area (Å²) in [5, 5.41) is 9.63. The van der Waals surface area contributed by atoms with Gasteiger partial charge in [-0.15, -0.1) is 0 Å². The zero-order valence-electron chi connectivity index (χ0n) is 17.3. The Morgan fingerprint density at radius 3 is 2.67 bits per heavy atom. The smallest absolute Gasteiger partial charge is 0.410 e. The normalized spacial score (nSPS) is 18.9. The van der Waals surface area contributed by atoms with Gasteiger partial charge in [-0.3, -0.25) is 4.79 Å². The number of methoxy groups -OCH3 is 1. The van der Waals surface area contributed by atoms with E-state index >= 15 is 0 Å². The van der Waals surface area contributed by atoms with Crippen LogP contribution in [0.25, 0.3) is 0 Å². The maximum absolute atomic E-state index is 13.9. The standard InChI is InChI=1S/C22H19F3N4O4/c1-31-14-5-2-12(3-6-14)16-9-19(22(23,24)25)29-20(28-16)15(10-26-29)21(30)27-13-4-7-17-18(8-13)33-11-32-17/h2-8,10,16,19,28H,9,11H2,1H3,(H,27,30)/t16-,19+/m1/s1. The third kappa shape index (κ3) is 3.90. The first-order valence-corrected chi connectivity index (χ1v) is 10.1. The molecule has 0 spiro atoms. The van der Waals surface area contributed by atoms with E-state index in [1.807, 2.05) is 0 Å². The van der Waals surface area contributed by atoms with Crippen LogP contribution in [-0.2, 0) is 0 Å². The van der Waals surface area contributed by atoms with Gasteiger partial charge in [0.1, 0.15) is 17.1 Å². The fraction of sp³-hybridized carbons (Fsp3) is 0.273. The lowest BCUT2D eigenvalue weighted by molar-refractivity contribution is -0.173. The van der Waals surface area contributed by atoms with Gasteiger partial charge in [-0.05, 0) is 29.8 Å². The van der Waals surface area contributed by atoms with Crippen molar-refractivity contribution in [3.63, 3.8) is 0 Å². The summed E-state index contributed by atoms with van der Waals surface area (Å²) in [5.74, 6) is 1.02. The largest absolute Gasteiger partial charge is 0.497 e. The second kappa shape index (κ2) is 7.91. The third-order valence-corrected chi connectivity index (χ3v) is 5.63. The van der Waals surface area contributed by atoms with Crippen LogP contribution >= 0.6 is 0 Å². The summed E-state index contributed by atoms with van der Waals surface area (Å²) in [6.45, 7) is 0.0825. The molecule has 2 aromatic carbocycles. The minimum absolute atomic E-state index is 0.000119. The van der Waals surface area contributed by atoms with Gasteiger partial charge in [-0.1, -0.05) is 12.1 Å². The van der Waals surface area contributed by atoms with Gasteiger partial charge < -0.3 is 24.8 Å². The number of hydrogen-bond acceptors (Lipinski definition) is 6. The van der Waals surface area contributed by atoms with E-state index in [1.165, 1.54) is 7.11 Å².